The molecular formula is C17H22FN3O2. The van der Waals surface area contributed by atoms with Gasteiger partial charge < -0.3 is 10.0 Å². The second-order valence-electron chi connectivity index (χ2n) is 5.93. The molecule has 23 heavy (non-hydrogen) atoms. The van der Waals surface area contributed by atoms with Gasteiger partial charge in [0.25, 0.3) is 0 Å². The van der Waals surface area contributed by atoms with Crippen LogP contribution in [0.4, 0.5) is 4.39 Å². The second-order valence-corrected chi connectivity index (χ2v) is 5.93. The van der Waals surface area contributed by atoms with Crippen LogP contribution in [0.1, 0.15) is 30.9 Å². The number of carbonyl (C=O) groups excluding carboxylic acids is 1. The number of aliphatic hydroxyl groups is 1. The minimum absolute atomic E-state index is 0.0281. The summed E-state index contributed by atoms with van der Waals surface area (Å²) in [6.07, 6.45) is 0.716. The van der Waals surface area contributed by atoms with Gasteiger partial charge >= 0.3 is 0 Å². The van der Waals surface area contributed by atoms with Gasteiger partial charge in [0.05, 0.1) is 18.6 Å². The van der Waals surface area contributed by atoms with Crippen LogP contribution in [0.2, 0.25) is 0 Å². The number of amides is 1. The Labute approximate surface area is 135 Å². The Kier molecular flexibility index (Phi) is 6.08. The minimum Gasteiger partial charge on any atom is -0.392 e. The van der Waals surface area contributed by atoms with Gasteiger partial charge in [-0.05, 0) is 24.1 Å². The van der Waals surface area contributed by atoms with Crippen molar-refractivity contribution >= 4 is 5.91 Å². The Morgan fingerprint density at radius 2 is 2.35 bits per heavy atom. The molecule has 0 radical (unpaired) electrons. The number of rotatable bonds is 6. The third-order valence-electron chi connectivity index (χ3n) is 4.21. The van der Waals surface area contributed by atoms with Gasteiger partial charge in [-0.1, -0.05) is 12.1 Å². The smallest absolute Gasteiger partial charge is 0.223 e. The molecule has 124 valence electrons. The molecule has 1 aliphatic heterocycles. The van der Waals surface area contributed by atoms with Crippen LogP contribution in [0.3, 0.4) is 0 Å². The van der Waals surface area contributed by atoms with E-state index < -0.39 is 6.10 Å². The number of likely N-dealkylation sites (tertiary alicyclic amines) is 1. The molecule has 1 saturated heterocycles. The fourth-order valence-corrected chi connectivity index (χ4v) is 2.96. The van der Waals surface area contributed by atoms with Crippen LogP contribution in [-0.2, 0) is 4.79 Å². The first kappa shape index (κ1) is 17.4. The van der Waals surface area contributed by atoms with E-state index in [9.17, 15) is 14.3 Å². The summed E-state index contributed by atoms with van der Waals surface area (Å²) in [5.74, 6) is -0.323. The number of nitrogens with zero attached hydrogens (tertiary/aromatic N) is 3. The predicted molar refractivity (Wildman–Crippen MR) is 83.8 cm³/mol. The lowest BCUT2D eigenvalue weighted by Crippen LogP contribution is -2.33. The number of β-amino-alcohol motifs (C(OH)–C–C–N with tert-alkyl or cyclic N) is 1. The lowest BCUT2D eigenvalue weighted by atomic mass is 10.0. The summed E-state index contributed by atoms with van der Waals surface area (Å²) >= 11 is 0. The topological polar surface area (TPSA) is 67.6 Å². The molecule has 1 aromatic rings. The first-order chi connectivity index (χ1) is 11.0. The summed E-state index contributed by atoms with van der Waals surface area (Å²) in [4.78, 5) is 15.6. The van der Waals surface area contributed by atoms with Crippen molar-refractivity contribution in [2.24, 2.45) is 0 Å². The Morgan fingerprint density at radius 3 is 3.04 bits per heavy atom. The van der Waals surface area contributed by atoms with Crippen molar-refractivity contribution in [2.75, 3.05) is 26.7 Å². The highest BCUT2D eigenvalue weighted by molar-refractivity contribution is 5.76. The number of hydrogen-bond acceptors (Lipinski definition) is 4. The van der Waals surface area contributed by atoms with Gasteiger partial charge in [-0.15, -0.1) is 0 Å². The monoisotopic (exact) mass is 319 g/mol. The lowest BCUT2D eigenvalue weighted by molar-refractivity contribution is -0.130. The van der Waals surface area contributed by atoms with Crippen LogP contribution in [-0.4, -0.2) is 53.6 Å². The van der Waals surface area contributed by atoms with E-state index in [1.165, 1.54) is 12.1 Å². The maximum atomic E-state index is 13.4. The van der Waals surface area contributed by atoms with Crippen molar-refractivity contribution in [3.63, 3.8) is 0 Å². The molecule has 5 nitrogen and oxygen atoms in total. The number of benzene rings is 1. The second kappa shape index (κ2) is 8.04. The maximum Gasteiger partial charge on any atom is 0.223 e. The molecule has 1 N–H and O–H groups in total. The Balaban J connectivity index is 1.95. The van der Waals surface area contributed by atoms with Crippen LogP contribution in [0.5, 0.6) is 0 Å². The van der Waals surface area contributed by atoms with Crippen molar-refractivity contribution in [1.29, 1.82) is 5.26 Å². The first-order valence-corrected chi connectivity index (χ1v) is 7.79. The molecule has 1 fully saturated rings. The Morgan fingerprint density at radius 1 is 1.57 bits per heavy atom. The molecule has 1 aromatic carbocycles. The first-order valence-electron chi connectivity index (χ1n) is 7.79. The molecule has 1 aliphatic rings. The van der Waals surface area contributed by atoms with E-state index in [2.05, 4.69) is 0 Å². The van der Waals surface area contributed by atoms with E-state index in [-0.39, 0.29) is 17.8 Å². The molecule has 0 unspecified atom stereocenters. The van der Waals surface area contributed by atoms with Crippen LogP contribution in [0, 0.1) is 17.1 Å². The number of nitriles is 1. The predicted octanol–water partition coefficient (Wildman–Crippen LogP) is 1.70. The summed E-state index contributed by atoms with van der Waals surface area (Å²) in [5, 5.41) is 18.5. The molecular weight excluding hydrogens is 297 g/mol. The normalized spacial score (nSPS) is 21.1. The van der Waals surface area contributed by atoms with Crippen molar-refractivity contribution in [3.8, 4) is 6.07 Å². The molecule has 2 atom stereocenters. The SMILES string of the molecule is CN(CCC#N)C(=O)CCN1C[C@@H](O)C[C@H]1c1cccc(F)c1. The van der Waals surface area contributed by atoms with E-state index in [4.69, 9.17) is 5.26 Å². The highest BCUT2D eigenvalue weighted by Gasteiger charge is 2.32. The zero-order valence-corrected chi connectivity index (χ0v) is 13.3. The van der Waals surface area contributed by atoms with Gasteiger partial charge in [-0.3, -0.25) is 9.69 Å². The van der Waals surface area contributed by atoms with Crippen LogP contribution in [0.25, 0.3) is 0 Å². The maximum absolute atomic E-state index is 13.4. The molecule has 0 spiro atoms. The van der Waals surface area contributed by atoms with Crippen LogP contribution >= 0.6 is 0 Å². The third-order valence-corrected chi connectivity index (χ3v) is 4.21. The van der Waals surface area contributed by atoms with Crippen molar-refractivity contribution in [1.82, 2.24) is 9.80 Å². The fraction of sp³-hybridized carbons (Fsp3) is 0.529. The van der Waals surface area contributed by atoms with E-state index in [0.29, 0.717) is 38.9 Å². The molecule has 0 aromatic heterocycles. The third kappa shape index (κ3) is 4.75. The average Bonchev–Trinajstić information content (AvgIpc) is 2.91. The van der Waals surface area contributed by atoms with Gasteiger partial charge in [-0.25, -0.2) is 4.39 Å². The lowest BCUT2D eigenvalue weighted by Gasteiger charge is -2.25. The highest BCUT2D eigenvalue weighted by atomic mass is 19.1. The summed E-state index contributed by atoms with van der Waals surface area (Å²) in [6.45, 7) is 1.41. The summed E-state index contributed by atoms with van der Waals surface area (Å²) < 4.78 is 13.4. The minimum atomic E-state index is -0.463. The number of carbonyl (C=O) groups is 1. The summed E-state index contributed by atoms with van der Waals surface area (Å²) in [5.41, 5.74) is 0.826. The molecule has 0 saturated carbocycles. The van der Waals surface area contributed by atoms with Gasteiger partial charge in [-0.2, -0.15) is 5.26 Å². The van der Waals surface area contributed by atoms with Gasteiger partial charge in [0.15, 0.2) is 0 Å². The highest BCUT2D eigenvalue weighted by Crippen LogP contribution is 2.32. The Hall–Kier alpha value is -1.97. The standard InChI is InChI=1S/C17H22FN3O2/c1-20(8-3-7-19)17(23)6-9-21-12-15(22)11-16(21)13-4-2-5-14(18)10-13/h2,4-5,10,15-16,22H,3,6,8-9,11-12H2,1H3/t15-,16-/m0/s1. The quantitative estimate of drug-likeness (QED) is 0.866. The molecule has 6 heteroatoms. The van der Waals surface area contributed by atoms with Gasteiger partial charge in [0.1, 0.15) is 5.82 Å². The van der Waals surface area contributed by atoms with Crippen LogP contribution < -0.4 is 0 Å². The zero-order valence-electron chi connectivity index (χ0n) is 13.3. The molecule has 2 rings (SSSR count). The molecule has 1 heterocycles. The van der Waals surface area contributed by atoms with Crippen molar-refractivity contribution in [2.45, 2.75) is 31.4 Å². The molecule has 1 amide bonds. The molecule has 0 bridgehead atoms. The van der Waals surface area contributed by atoms with E-state index >= 15 is 0 Å². The van der Waals surface area contributed by atoms with Crippen LogP contribution in [0.15, 0.2) is 24.3 Å². The van der Waals surface area contributed by atoms with E-state index in [1.54, 1.807) is 18.0 Å². The van der Waals surface area contributed by atoms with E-state index in [1.807, 2.05) is 17.0 Å². The fourth-order valence-electron chi connectivity index (χ4n) is 2.96. The summed E-state index contributed by atoms with van der Waals surface area (Å²) in [6, 6.07) is 8.33. The summed E-state index contributed by atoms with van der Waals surface area (Å²) in [7, 11) is 1.68. The number of hydrogen-bond donors (Lipinski definition) is 1. The largest absolute Gasteiger partial charge is 0.392 e. The van der Waals surface area contributed by atoms with Crippen molar-refractivity contribution < 1.29 is 14.3 Å². The average molecular weight is 319 g/mol. The number of aliphatic hydroxyl groups excluding tert-OH is 1. The van der Waals surface area contributed by atoms with E-state index in [0.717, 1.165) is 5.56 Å². The van der Waals surface area contributed by atoms with Gasteiger partial charge in [0, 0.05) is 39.1 Å². The van der Waals surface area contributed by atoms with Gasteiger partial charge in [0.2, 0.25) is 5.91 Å². The number of halogens is 1. The van der Waals surface area contributed by atoms with Crippen molar-refractivity contribution in [3.05, 3.63) is 35.6 Å². The molecule has 0 aliphatic carbocycles. The Bertz CT molecular complexity index is 587. The zero-order chi connectivity index (χ0) is 16.8.